The van der Waals surface area contributed by atoms with Gasteiger partial charge in [0, 0.05) is 18.9 Å². The van der Waals surface area contributed by atoms with E-state index in [1.165, 1.54) is 0 Å². The quantitative estimate of drug-likeness (QED) is 0.881. The summed E-state index contributed by atoms with van der Waals surface area (Å²) < 4.78 is 26.0. The molecule has 1 aromatic rings. The third kappa shape index (κ3) is 4.01. The van der Waals surface area contributed by atoms with E-state index in [2.05, 4.69) is 4.98 Å². The summed E-state index contributed by atoms with van der Waals surface area (Å²) in [5.74, 6) is -0.901. The van der Waals surface area contributed by atoms with Gasteiger partial charge in [-0.2, -0.15) is 4.31 Å². The number of piperidine rings is 1. The van der Waals surface area contributed by atoms with Gasteiger partial charge >= 0.3 is 5.97 Å². The highest BCUT2D eigenvalue weighted by Crippen LogP contribution is 2.25. The minimum absolute atomic E-state index is 0.0742. The minimum Gasteiger partial charge on any atom is -0.480 e. The minimum atomic E-state index is -3.57. The normalized spacial score (nSPS) is 23.9. The van der Waals surface area contributed by atoms with Crippen LogP contribution in [-0.2, 0) is 21.2 Å². The predicted molar refractivity (Wildman–Crippen MR) is 78.3 cm³/mol. The van der Waals surface area contributed by atoms with Crippen LogP contribution in [0.3, 0.4) is 0 Å². The zero-order valence-electron chi connectivity index (χ0n) is 12.0. The number of aliphatic carboxylic acids is 1. The van der Waals surface area contributed by atoms with Crippen LogP contribution in [0.2, 0.25) is 0 Å². The maximum Gasteiger partial charge on any atom is 0.322 e. The lowest BCUT2D eigenvalue weighted by Crippen LogP contribution is -2.50. The third-order valence-electron chi connectivity index (χ3n) is 3.86. The molecule has 21 heavy (non-hydrogen) atoms. The highest BCUT2D eigenvalue weighted by Gasteiger charge is 2.38. The van der Waals surface area contributed by atoms with Crippen molar-refractivity contribution in [1.82, 2.24) is 9.29 Å². The van der Waals surface area contributed by atoms with Gasteiger partial charge in [-0.3, -0.25) is 9.78 Å². The molecule has 0 aromatic carbocycles. The standard InChI is InChI=1S/C14H20N2O4S/c1-11-4-8-16(13(10-11)14(17)18)21(19,20)9-5-12-2-6-15-7-3-12/h2-3,6-7,11,13H,4-5,8-10H2,1H3,(H,17,18). The van der Waals surface area contributed by atoms with Gasteiger partial charge in [0.1, 0.15) is 6.04 Å². The zero-order chi connectivity index (χ0) is 15.5. The third-order valence-corrected chi connectivity index (χ3v) is 5.73. The summed E-state index contributed by atoms with van der Waals surface area (Å²) in [7, 11) is -3.57. The molecule has 1 N–H and O–H groups in total. The Morgan fingerprint density at radius 2 is 2.10 bits per heavy atom. The average molecular weight is 312 g/mol. The van der Waals surface area contributed by atoms with E-state index in [1.807, 2.05) is 6.92 Å². The van der Waals surface area contributed by atoms with Crippen molar-refractivity contribution >= 4 is 16.0 Å². The Hall–Kier alpha value is -1.47. The topological polar surface area (TPSA) is 87.6 Å². The van der Waals surface area contributed by atoms with Gasteiger partial charge in [-0.05, 0) is 42.9 Å². The van der Waals surface area contributed by atoms with E-state index in [-0.39, 0.29) is 18.2 Å². The van der Waals surface area contributed by atoms with Gasteiger partial charge in [0.25, 0.3) is 0 Å². The second kappa shape index (κ2) is 6.53. The molecule has 2 heterocycles. The molecule has 116 valence electrons. The largest absolute Gasteiger partial charge is 0.480 e. The smallest absolute Gasteiger partial charge is 0.322 e. The summed E-state index contributed by atoms with van der Waals surface area (Å²) >= 11 is 0. The molecule has 1 aliphatic rings. The number of carboxylic acids is 1. The summed E-state index contributed by atoms with van der Waals surface area (Å²) in [5.41, 5.74) is 0.880. The second-order valence-corrected chi connectivity index (χ2v) is 7.56. The lowest BCUT2D eigenvalue weighted by molar-refractivity contribution is -0.142. The summed E-state index contributed by atoms with van der Waals surface area (Å²) in [6.45, 7) is 2.24. The Morgan fingerprint density at radius 3 is 2.71 bits per heavy atom. The average Bonchev–Trinajstić information content (AvgIpc) is 2.46. The molecule has 6 nitrogen and oxygen atoms in total. The van der Waals surface area contributed by atoms with Crippen LogP contribution in [0.5, 0.6) is 0 Å². The van der Waals surface area contributed by atoms with Crippen LogP contribution in [0.4, 0.5) is 0 Å². The van der Waals surface area contributed by atoms with E-state index in [4.69, 9.17) is 0 Å². The van der Waals surface area contributed by atoms with Gasteiger partial charge in [0.2, 0.25) is 10.0 Å². The van der Waals surface area contributed by atoms with Crippen LogP contribution in [-0.4, -0.2) is 47.1 Å². The highest BCUT2D eigenvalue weighted by atomic mass is 32.2. The van der Waals surface area contributed by atoms with Crippen LogP contribution in [0.25, 0.3) is 0 Å². The fourth-order valence-corrected chi connectivity index (χ4v) is 4.27. The van der Waals surface area contributed by atoms with Crippen molar-refractivity contribution in [2.75, 3.05) is 12.3 Å². The molecule has 2 atom stereocenters. The van der Waals surface area contributed by atoms with Crippen LogP contribution < -0.4 is 0 Å². The number of aromatic nitrogens is 1. The first-order valence-electron chi connectivity index (χ1n) is 7.01. The molecule has 1 fully saturated rings. The predicted octanol–water partition coefficient (Wildman–Crippen LogP) is 1.14. The number of hydrogen-bond acceptors (Lipinski definition) is 4. The fraction of sp³-hybridized carbons (Fsp3) is 0.571. The van der Waals surface area contributed by atoms with Gasteiger partial charge in [-0.25, -0.2) is 8.42 Å². The summed E-state index contributed by atoms with van der Waals surface area (Å²) in [5, 5.41) is 9.26. The molecule has 1 saturated heterocycles. The van der Waals surface area contributed by atoms with Gasteiger partial charge in [0.15, 0.2) is 0 Å². The molecular formula is C14H20N2O4S. The van der Waals surface area contributed by atoms with Crippen molar-refractivity contribution in [1.29, 1.82) is 0 Å². The van der Waals surface area contributed by atoms with Crippen molar-refractivity contribution in [3.05, 3.63) is 30.1 Å². The molecule has 0 spiro atoms. The van der Waals surface area contributed by atoms with Crippen LogP contribution in [0, 0.1) is 5.92 Å². The van der Waals surface area contributed by atoms with Gasteiger partial charge < -0.3 is 5.11 Å². The van der Waals surface area contributed by atoms with E-state index in [9.17, 15) is 18.3 Å². The first kappa shape index (κ1) is 15.9. The van der Waals surface area contributed by atoms with Crippen LogP contribution >= 0.6 is 0 Å². The van der Waals surface area contributed by atoms with E-state index in [0.717, 1.165) is 9.87 Å². The van der Waals surface area contributed by atoms with E-state index >= 15 is 0 Å². The number of hydrogen-bond donors (Lipinski definition) is 1. The number of nitrogens with zero attached hydrogens (tertiary/aromatic N) is 2. The fourth-order valence-electron chi connectivity index (χ4n) is 2.59. The van der Waals surface area contributed by atoms with Crippen molar-refractivity contribution in [3.8, 4) is 0 Å². The molecule has 1 aromatic heterocycles. The molecular weight excluding hydrogens is 292 g/mol. The van der Waals surface area contributed by atoms with E-state index in [1.54, 1.807) is 24.5 Å². The lowest BCUT2D eigenvalue weighted by atomic mass is 9.94. The molecule has 0 radical (unpaired) electrons. The first-order chi connectivity index (χ1) is 9.90. The van der Waals surface area contributed by atoms with E-state index in [0.29, 0.717) is 19.3 Å². The Morgan fingerprint density at radius 1 is 1.43 bits per heavy atom. The molecule has 0 bridgehead atoms. The monoisotopic (exact) mass is 312 g/mol. The number of aryl methyl sites for hydroxylation is 1. The second-order valence-electron chi connectivity index (χ2n) is 5.52. The SMILES string of the molecule is CC1CCN(S(=O)(=O)CCc2ccncc2)C(C(=O)O)C1. The highest BCUT2D eigenvalue weighted by molar-refractivity contribution is 7.89. The maximum atomic E-state index is 12.4. The summed E-state index contributed by atoms with van der Waals surface area (Å²) in [4.78, 5) is 15.2. The Balaban J connectivity index is 2.08. The molecule has 2 rings (SSSR count). The Bertz CT molecular complexity index is 588. The van der Waals surface area contributed by atoms with Crippen molar-refractivity contribution in [2.45, 2.75) is 32.2 Å². The molecule has 0 saturated carbocycles. The van der Waals surface area contributed by atoms with Crippen molar-refractivity contribution in [3.63, 3.8) is 0 Å². The molecule has 1 aliphatic heterocycles. The number of pyridine rings is 1. The molecule has 0 aliphatic carbocycles. The molecule has 7 heteroatoms. The van der Waals surface area contributed by atoms with Gasteiger partial charge in [-0.15, -0.1) is 0 Å². The molecule has 2 unspecified atom stereocenters. The number of carboxylic acid groups (broad SMARTS) is 1. The lowest BCUT2D eigenvalue weighted by Gasteiger charge is -2.34. The number of carbonyl (C=O) groups is 1. The maximum absolute atomic E-state index is 12.4. The first-order valence-corrected chi connectivity index (χ1v) is 8.62. The van der Waals surface area contributed by atoms with Gasteiger partial charge in [-0.1, -0.05) is 6.92 Å². The summed E-state index contributed by atoms with van der Waals surface area (Å²) in [6.07, 6.45) is 4.68. The summed E-state index contributed by atoms with van der Waals surface area (Å²) in [6, 6.07) is 2.60. The number of sulfonamides is 1. The molecule has 0 amide bonds. The van der Waals surface area contributed by atoms with Gasteiger partial charge in [0.05, 0.1) is 5.75 Å². The zero-order valence-corrected chi connectivity index (χ0v) is 12.8. The van der Waals surface area contributed by atoms with Crippen LogP contribution in [0.1, 0.15) is 25.3 Å². The van der Waals surface area contributed by atoms with Crippen molar-refractivity contribution < 1.29 is 18.3 Å². The van der Waals surface area contributed by atoms with Crippen molar-refractivity contribution in [2.24, 2.45) is 5.92 Å². The number of rotatable bonds is 5. The van der Waals surface area contributed by atoms with E-state index < -0.39 is 22.0 Å². The van der Waals surface area contributed by atoms with Crippen LogP contribution in [0.15, 0.2) is 24.5 Å². The Labute approximate surface area is 124 Å². The Kier molecular flexibility index (Phi) is 4.95.